The molecule has 0 radical (unpaired) electrons. The Morgan fingerprint density at radius 1 is 1.17 bits per heavy atom. The average Bonchev–Trinajstić information content (AvgIpc) is 3.17. The van der Waals surface area contributed by atoms with Gasteiger partial charge in [-0.25, -0.2) is 0 Å². The van der Waals surface area contributed by atoms with Crippen molar-refractivity contribution in [2.24, 2.45) is 5.92 Å². The third kappa shape index (κ3) is 5.19. The van der Waals surface area contributed by atoms with Crippen molar-refractivity contribution in [3.63, 3.8) is 0 Å². The van der Waals surface area contributed by atoms with Crippen LogP contribution in [0.3, 0.4) is 0 Å². The van der Waals surface area contributed by atoms with E-state index in [1.54, 1.807) is 0 Å². The molecule has 1 N–H and O–H groups in total. The second-order valence-corrected chi connectivity index (χ2v) is 5.64. The lowest BCUT2D eigenvalue weighted by Gasteiger charge is -2.09. The molecule has 0 bridgehead atoms. The highest BCUT2D eigenvalue weighted by molar-refractivity contribution is 5.21. The Bertz CT molecular complexity index is 341. The molecule has 1 aliphatic rings. The molecule has 0 atom stereocenters. The van der Waals surface area contributed by atoms with Gasteiger partial charge < -0.3 is 10.1 Å². The van der Waals surface area contributed by atoms with Crippen molar-refractivity contribution in [1.82, 2.24) is 5.32 Å². The number of rotatable bonds is 8. The first-order chi connectivity index (χ1) is 8.74. The van der Waals surface area contributed by atoms with Gasteiger partial charge in [-0.15, -0.1) is 0 Å². The van der Waals surface area contributed by atoms with Gasteiger partial charge in [0.2, 0.25) is 0 Å². The Morgan fingerprint density at radius 2 is 1.83 bits per heavy atom. The van der Waals surface area contributed by atoms with E-state index < -0.39 is 0 Å². The second-order valence-electron chi connectivity index (χ2n) is 5.64. The van der Waals surface area contributed by atoms with Gasteiger partial charge in [0.25, 0.3) is 0 Å². The highest BCUT2D eigenvalue weighted by atomic mass is 16.5. The number of nitrogens with one attached hydrogen (secondary N) is 1. The van der Waals surface area contributed by atoms with Gasteiger partial charge in [0.15, 0.2) is 0 Å². The Balaban J connectivity index is 1.65. The minimum Gasteiger partial charge on any atom is -0.377 e. The summed E-state index contributed by atoms with van der Waals surface area (Å²) in [6, 6.07) is 9.27. The largest absolute Gasteiger partial charge is 0.377 e. The molecule has 0 saturated heterocycles. The van der Waals surface area contributed by atoms with Crippen molar-refractivity contribution >= 4 is 0 Å². The van der Waals surface area contributed by atoms with Crippen LogP contribution in [-0.4, -0.2) is 12.6 Å². The van der Waals surface area contributed by atoms with Crippen molar-refractivity contribution in [2.45, 2.75) is 52.3 Å². The number of benzene rings is 1. The van der Waals surface area contributed by atoms with Crippen LogP contribution in [0.2, 0.25) is 0 Å². The van der Waals surface area contributed by atoms with Crippen molar-refractivity contribution in [3.8, 4) is 0 Å². The summed E-state index contributed by atoms with van der Waals surface area (Å²) < 4.78 is 5.69. The summed E-state index contributed by atoms with van der Waals surface area (Å²) in [4.78, 5) is 0. The lowest BCUT2D eigenvalue weighted by molar-refractivity contribution is 0.115. The molecule has 1 aliphatic carbocycles. The third-order valence-corrected chi connectivity index (χ3v) is 3.37. The summed E-state index contributed by atoms with van der Waals surface area (Å²) in [5, 5.41) is 3.42. The summed E-state index contributed by atoms with van der Waals surface area (Å²) in [5.41, 5.74) is 2.62. The molecule has 100 valence electrons. The van der Waals surface area contributed by atoms with Crippen LogP contribution in [0, 0.1) is 5.92 Å². The maximum atomic E-state index is 5.69. The smallest absolute Gasteiger partial charge is 0.0716 e. The van der Waals surface area contributed by atoms with E-state index in [-0.39, 0.29) is 0 Å². The maximum absolute atomic E-state index is 5.69. The van der Waals surface area contributed by atoms with Gasteiger partial charge >= 0.3 is 0 Å². The molecule has 1 fully saturated rings. The second kappa shape index (κ2) is 6.91. The normalized spacial score (nSPS) is 15.3. The zero-order chi connectivity index (χ0) is 12.8. The van der Waals surface area contributed by atoms with E-state index in [1.807, 2.05) is 0 Å². The van der Waals surface area contributed by atoms with Gasteiger partial charge in [0, 0.05) is 19.2 Å². The van der Waals surface area contributed by atoms with E-state index in [2.05, 4.69) is 43.4 Å². The minimum atomic E-state index is 0.537. The molecule has 0 spiro atoms. The van der Waals surface area contributed by atoms with Crippen LogP contribution < -0.4 is 5.32 Å². The monoisotopic (exact) mass is 247 g/mol. The standard InChI is InChI=1S/C16H25NO/c1-13(2)17-11-15-5-7-16(8-6-15)12-18-10-9-14-3-4-14/h5-8,13-14,17H,3-4,9-12H2,1-2H3. The third-order valence-electron chi connectivity index (χ3n) is 3.37. The summed E-state index contributed by atoms with van der Waals surface area (Å²) in [6.45, 7) is 6.95. The highest BCUT2D eigenvalue weighted by Crippen LogP contribution is 2.32. The average molecular weight is 247 g/mol. The highest BCUT2D eigenvalue weighted by Gasteiger charge is 2.20. The maximum Gasteiger partial charge on any atom is 0.0716 e. The molecule has 2 nitrogen and oxygen atoms in total. The van der Waals surface area contributed by atoms with E-state index in [4.69, 9.17) is 4.74 Å². The molecule has 2 rings (SSSR count). The van der Waals surface area contributed by atoms with E-state index in [9.17, 15) is 0 Å². The molecule has 1 aromatic rings. The number of ether oxygens (including phenoxy) is 1. The van der Waals surface area contributed by atoms with E-state index in [0.717, 1.165) is 25.7 Å². The van der Waals surface area contributed by atoms with Gasteiger partial charge in [-0.3, -0.25) is 0 Å². The van der Waals surface area contributed by atoms with Gasteiger partial charge in [0.05, 0.1) is 6.61 Å². The Morgan fingerprint density at radius 3 is 2.44 bits per heavy atom. The van der Waals surface area contributed by atoms with Crippen LogP contribution in [0.25, 0.3) is 0 Å². The molecule has 1 aromatic carbocycles. The molecule has 0 aliphatic heterocycles. The van der Waals surface area contributed by atoms with Crippen molar-refractivity contribution in [3.05, 3.63) is 35.4 Å². The lowest BCUT2D eigenvalue weighted by Crippen LogP contribution is -2.21. The first kappa shape index (κ1) is 13.6. The predicted octanol–water partition coefficient (Wildman–Crippen LogP) is 3.50. The Kier molecular flexibility index (Phi) is 5.21. The van der Waals surface area contributed by atoms with E-state index >= 15 is 0 Å². The molecule has 0 heterocycles. The van der Waals surface area contributed by atoms with Crippen LogP contribution >= 0.6 is 0 Å². The fourth-order valence-electron chi connectivity index (χ4n) is 1.92. The van der Waals surface area contributed by atoms with Gasteiger partial charge in [-0.05, 0) is 23.5 Å². The fourth-order valence-corrected chi connectivity index (χ4v) is 1.92. The fraction of sp³-hybridized carbons (Fsp3) is 0.625. The zero-order valence-electron chi connectivity index (χ0n) is 11.6. The van der Waals surface area contributed by atoms with Crippen molar-refractivity contribution in [2.75, 3.05) is 6.61 Å². The quantitative estimate of drug-likeness (QED) is 0.710. The first-order valence-corrected chi connectivity index (χ1v) is 7.13. The van der Waals surface area contributed by atoms with Gasteiger partial charge in [0.1, 0.15) is 0 Å². The number of hydrogen-bond acceptors (Lipinski definition) is 2. The van der Waals surface area contributed by atoms with Crippen LogP contribution in [-0.2, 0) is 17.9 Å². The van der Waals surface area contributed by atoms with Crippen LogP contribution in [0.1, 0.15) is 44.2 Å². The van der Waals surface area contributed by atoms with E-state index in [1.165, 1.54) is 30.4 Å². The minimum absolute atomic E-state index is 0.537. The summed E-state index contributed by atoms with van der Waals surface area (Å²) in [6.07, 6.45) is 4.08. The molecular formula is C16H25NO. The van der Waals surface area contributed by atoms with Gasteiger partial charge in [-0.1, -0.05) is 51.0 Å². The van der Waals surface area contributed by atoms with Crippen molar-refractivity contribution < 1.29 is 4.74 Å². The predicted molar refractivity (Wildman–Crippen MR) is 75.4 cm³/mol. The zero-order valence-corrected chi connectivity index (χ0v) is 11.6. The molecular weight excluding hydrogens is 222 g/mol. The molecule has 0 amide bonds. The number of hydrogen-bond donors (Lipinski definition) is 1. The summed E-state index contributed by atoms with van der Waals surface area (Å²) >= 11 is 0. The van der Waals surface area contributed by atoms with Crippen LogP contribution in [0.15, 0.2) is 24.3 Å². The van der Waals surface area contributed by atoms with Crippen LogP contribution in [0.4, 0.5) is 0 Å². The van der Waals surface area contributed by atoms with Gasteiger partial charge in [-0.2, -0.15) is 0 Å². The molecule has 2 heteroatoms. The summed E-state index contributed by atoms with van der Waals surface area (Å²) in [5.74, 6) is 0.967. The topological polar surface area (TPSA) is 21.3 Å². The summed E-state index contributed by atoms with van der Waals surface area (Å²) in [7, 11) is 0. The molecule has 0 unspecified atom stereocenters. The first-order valence-electron chi connectivity index (χ1n) is 7.13. The van der Waals surface area contributed by atoms with Crippen molar-refractivity contribution in [1.29, 1.82) is 0 Å². The molecule has 1 saturated carbocycles. The molecule has 18 heavy (non-hydrogen) atoms. The van der Waals surface area contributed by atoms with E-state index in [0.29, 0.717) is 6.04 Å². The van der Waals surface area contributed by atoms with Crippen LogP contribution in [0.5, 0.6) is 0 Å². The molecule has 0 aromatic heterocycles. The Hall–Kier alpha value is -0.860. The Labute approximate surface area is 111 Å². The lowest BCUT2D eigenvalue weighted by atomic mass is 10.1. The SMILES string of the molecule is CC(C)NCc1ccc(COCCC2CC2)cc1.